The number of aryl methyl sites for hydroxylation is 2. The highest BCUT2D eigenvalue weighted by molar-refractivity contribution is 7.18. The van der Waals surface area contributed by atoms with Gasteiger partial charge in [0.05, 0.1) is 11.1 Å². The van der Waals surface area contributed by atoms with E-state index >= 15 is 0 Å². The molecule has 0 bridgehead atoms. The van der Waals surface area contributed by atoms with Gasteiger partial charge < -0.3 is 15.3 Å². The number of phenolic OH excluding ortho intramolecular Hbond substituents is 3. The molecule has 7 heteroatoms. The van der Waals surface area contributed by atoms with Crippen LogP contribution in [0.2, 0.25) is 0 Å². The molecule has 0 unspecified atom stereocenters. The number of benzene rings is 2. The van der Waals surface area contributed by atoms with E-state index in [4.69, 9.17) is 4.98 Å². The molecule has 5 rings (SSSR count). The summed E-state index contributed by atoms with van der Waals surface area (Å²) in [4.78, 5) is 20.3. The Morgan fingerprint density at radius 2 is 1.66 bits per heavy atom. The first-order valence-electron chi connectivity index (χ1n) is 9.42. The summed E-state index contributed by atoms with van der Waals surface area (Å²) in [6.45, 7) is 0. The number of aromatic hydroxyl groups is 3. The summed E-state index contributed by atoms with van der Waals surface area (Å²) in [6.07, 6.45) is 4.00. The predicted molar refractivity (Wildman–Crippen MR) is 112 cm³/mol. The molecular formula is C22H18N2O4S. The quantitative estimate of drug-likeness (QED) is 0.436. The van der Waals surface area contributed by atoms with Crippen LogP contribution in [-0.2, 0) is 12.8 Å². The predicted octanol–water partition coefficient (Wildman–Crippen LogP) is 4.11. The van der Waals surface area contributed by atoms with E-state index in [1.807, 2.05) is 30.3 Å². The number of hydrogen-bond acceptors (Lipinski definition) is 6. The SMILES string of the molecule is O=c1c2c3c(sc2nc(-c2cc(O)c(O)c(O)c2)n1-c1ccccc1)CCCC3. The molecule has 0 saturated heterocycles. The van der Waals surface area contributed by atoms with Gasteiger partial charge in [-0.15, -0.1) is 11.3 Å². The van der Waals surface area contributed by atoms with Crippen molar-refractivity contribution in [3.05, 3.63) is 63.3 Å². The molecule has 2 heterocycles. The second-order valence-corrected chi connectivity index (χ2v) is 8.25. The van der Waals surface area contributed by atoms with Crippen molar-refractivity contribution >= 4 is 21.6 Å². The van der Waals surface area contributed by atoms with Crippen molar-refractivity contribution in [2.75, 3.05) is 0 Å². The van der Waals surface area contributed by atoms with Gasteiger partial charge in [-0.1, -0.05) is 18.2 Å². The highest BCUT2D eigenvalue weighted by atomic mass is 32.1. The van der Waals surface area contributed by atoms with Crippen molar-refractivity contribution in [2.45, 2.75) is 25.7 Å². The van der Waals surface area contributed by atoms with Gasteiger partial charge >= 0.3 is 0 Å². The van der Waals surface area contributed by atoms with E-state index in [0.717, 1.165) is 31.2 Å². The van der Waals surface area contributed by atoms with Crippen LogP contribution < -0.4 is 5.56 Å². The van der Waals surface area contributed by atoms with Gasteiger partial charge in [-0.3, -0.25) is 9.36 Å². The third kappa shape index (κ3) is 2.77. The molecule has 0 radical (unpaired) electrons. The van der Waals surface area contributed by atoms with Gasteiger partial charge in [0.25, 0.3) is 5.56 Å². The van der Waals surface area contributed by atoms with Crippen molar-refractivity contribution in [3.63, 3.8) is 0 Å². The minimum absolute atomic E-state index is 0.164. The van der Waals surface area contributed by atoms with E-state index in [1.54, 1.807) is 0 Å². The molecule has 1 aliphatic carbocycles. The van der Waals surface area contributed by atoms with Crippen LogP contribution in [0, 0.1) is 0 Å². The van der Waals surface area contributed by atoms with E-state index in [9.17, 15) is 20.1 Å². The smallest absolute Gasteiger partial charge is 0.267 e. The van der Waals surface area contributed by atoms with E-state index in [1.165, 1.54) is 32.9 Å². The zero-order valence-corrected chi connectivity index (χ0v) is 16.2. The molecule has 1 aliphatic rings. The fourth-order valence-electron chi connectivity index (χ4n) is 3.95. The lowest BCUT2D eigenvalue weighted by Crippen LogP contribution is -2.22. The zero-order valence-electron chi connectivity index (χ0n) is 15.4. The molecule has 0 amide bonds. The van der Waals surface area contributed by atoms with Crippen LogP contribution in [0.15, 0.2) is 47.3 Å². The first kappa shape index (κ1) is 17.8. The molecule has 29 heavy (non-hydrogen) atoms. The molecule has 2 aromatic heterocycles. The normalized spacial score (nSPS) is 13.5. The minimum Gasteiger partial charge on any atom is -0.504 e. The first-order chi connectivity index (χ1) is 14.0. The lowest BCUT2D eigenvalue weighted by molar-refractivity contribution is 0.368. The Hall–Kier alpha value is -3.32. The van der Waals surface area contributed by atoms with E-state index in [-0.39, 0.29) is 5.56 Å². The number of aromatic nitrogens is 2. The fourth-order valence-corrected chi connectivity index (χ4v) is 5.20. The zero-order chi connectivity index (χ0) is 20.1. The van der Waals surface area contributed by atoms with Crippen LogP contribution >= 0.6 is 11.3 Å². The Morgan fingerprint density at radius 1 is 0.966 bits per heavy atom. The topological polar surface area (TPSA) is 95.6 Å². The summed E-state index contributed by atoms with van der Waals surface area (Å²) < 4.78 is 1.51. The molecular weight excluding hydrogens is 388 g/mol. The standard InChI is InChI=1S/C22H18N2O4S/c25-15-10-12(11-16(26)19(15)27)20-23-21-18(14-8-4-5-9-17(14)29-21)22(28)24(20)13-6-2-1-3-7-13/h1-3,6-7,10-11,25-27H,4-5,8-9H2. The van der Waals surface area contributed by atoms with Crippen molar-refractivity contribution < 1.29 is 15.3 Å². The van der Waals surface area contributed by atoms with Crippen molar-refractivity contribution in [1.29, 1.82) is 0 Å². The molecule has 0 atom stereocenters. The van der Waals surface area contributed by atoms with Crippen molar-refractivity contribution in [1.82, 2.24) is 9.55 Å². The molecule has 2 aromatic carbocycles. The van der Waals surface area contributed by atoms with Gasteiger partial charge in [-0.05, 0) is 55.5 Å². The molecule has 0 fully saturated rings. The Kier molecular flexibility index (Phi) is 4.06. The van der Waals surface area contributed by atoms with Crippen LogP contribution in [0.5, 0.6) is 17.2 Å². The molecule has 0 saturated carbocycles. The van der Waals surface area contributed by atoms with Crippen LogP contribution in [0.3, 0.4) is 0 Å². The van der Waals surface area contributed by atoms with Crippen LogP contribution in [0.1, 0.15) is 23.3 Å². The number of phenols is 3. The molecule has 0 spiro atoms. The Morgan fingerprint density at radius 3 is 2.38 bits per heavy atom. The van der Waals surface area contributed by atoms with Crippen molar-refractivity contribution in [2.24, 2.45) is 0 Å². The second-order valence-electron chi connectivity index (χ2n) is 7.17. The number of rotatable bonds is 2. The lowest BCUT2D eigenvalue weighted by Gasteiger charge is -2.15. The maximum atomic E-state index is 13.6. The maximum absolute atomic E-state index is 13.6. The number of thiophene rings is 1. The van der Waals surface area contributed by atoms with Gasteiger partial charge in [-0.25, -0.2) is 4.98 Å². The summed E-state index contributed by atoms with van der Waals surface area (Å²) in [5, 5.41) is 30.4. The summed E-state index contributed by atoms with van der Waals surface area (Å²) in [7, 11) is 0. The van der Waals surface area contributed by atoms with Crippen LogP contribution in [-0.4, -0.2) is 24.9 Å². The third-order valence-corrected chi connectivity index (χ3v) is 6.52. The van der Waals surface area contributed by atoms with Crippen LogP contribution in [0.4, 0.5) is 0 Å². The van der Waals surface area contributed by atoms with Gasteiger partial charge in [0.15, 0.2) is 17.2 Å². The van der Waals surface area contributed by atoms with Crippen molar-refractivity contribution in [3.8, 4) is 34.3 Å². The lowest BCUT2D eigenvalue weighted by atomic mass is 9.97. The first-order valence-corrected chi connectivity index (χ1v) is 10.2. The molecule has 6 nitrogen and oxygen atoms in total. The van der Waals surface area contributed by atoms with E-state index < -0.39 is 17.2 Å². The average molecular weight is 406 g/mol. The highest BCUT2D eigenvalue weighted by Gasteiger charge is 2.24. The largest absolute Gasteiger partial charge is 0.504 e. The average Bonchev–Trinajstić information content (AvgIpc) is 3.11. The Labute approximate surface area is 170 Å². The maximum Gasteiger partial charge on any atom is 0.267 e. The molecule has 4 aromatic rings. The van der Waals surface area contributed by atoms with E-state index in [0.29, 0.717) is 27.3 Å². The number of para-hydroxylation sites is 1. The van der Waals surface area contributed by atoms with Gasteiger partial charge in [0.1, 0.15) is 10.7 Å². The monoisotopic (exact) mass is 406 g/mol. The second kappa shape index (κ2) is 6.63. The number of hydrogen-bond donors (Lipinski definition) is 3. The number of fused-ring (bicyclic) bond motifs is 3. The summed E-state index contributed by atoms with van der Waals surface area (Å²) in [5.41, 5.74) is 1.92. The molecule has 0 aliphatic heterocycles. The summed E-state index contributed by atoms with van der Waals surface area (Å²) in [6, 6.07) is 11.8. The summed E-state index contributed by atoms with van der Waals surface area (Å²) >= 11 is 1.54. The number of nitrogens with zero attached hydrogens (tertiary/aromatic N) is 2. The Balaban J connectivity index is 1.89. The summed E-state index contributed by atoms with van der Waals surface area (Å²) in [5.74, 6) is -1.24. The molecule has 146 valence electrons. The molecule has 3 N–H and O–H groups in total. The van der Waals surface area contributed by atoms with E-state index in [2.05, 4.69) is 0 Å². The highest BCUT2D eigenvalue weighted by Crippen LogP contribution is 2.40. The van der Waals surface area contributed by atoms with Crippen LogP contribution in [0.25, 0.3) is 27.3 Å². The minimum atomic E-state index is -0.602. The van der Waals surface area contributed by atoms with Gasteiger partial charge in [-0.2, -0.15) is 0 Å². The third-order valence-electron chi connectivity index (χ3n) is 5.33. The fraction of sp³-hybridized carbons (Fsp3) is 0.182. The Bertz CT molecular complexity index is 1290. The van der Waals surface area contributed by atoms with Gasteiger partial charge in [0.2, 0.25) is 0 Å². The van der Waals surface area contributed by atoms with Gasteiger partial charge in [0, 0.05) is 10.4 Å².